The summed E-state index contributed by atoms with van der Waals surface area (Å²) >= 11 is 0. The highest BCUT2D eigenvalue weighted by Crippen LogP contribution is 2.45. The van der Waals surface area contributed by atoms with Gasteiger partial charge in [-0.25, -0.2) is 9.78 Å². The van der Waals surface area contributed by atoms with Gasteiger partial charge in [0.25, 0.3) is 5.89 Å². The molecular formula is C31H35N5O7. The zero-order valence-electron chi connectivity index (χ0n) is 24.2. The third kappa shape index (κ3) is 5.78. The lowest BCUT2D eigenvalue weighted by Gasteiger charge is -2.25. The van der Waals surface area contributed by atoms with Crippen LogP contribution in [0.2, 0.25) is 0 Å². The molecule has 6 rings (SSSR count). The molecule has 3 aliphatic rings. The fourth-order valence-electron chi connectivity index (χ4n) is 6.06. The van der Waals surface area contributed by atoms with E-state index < -0.39 is 29.6 Å². The molecule has 4 atom stereocenters. The van der Waals surface area contributed by atoms with E-state index in [2.05, 4.69) is 20.5 Å². The van der Waals surface area contributed by atoms with Gasteiger partial charge in [0.05, 0.1) is 19.2 Å². The number of hydrogen-bond donors (Lipinski definition) is 2. The summed E-state index contributed by atoms with van der Waals surface area (Å²) in [6.45, 7) is 1.88. The van der Waals surface area contributed by atoms with E-state index in [0.717, 1.165) is 32.1 Å². The highest BCUT2D eigenvalue weighted by Gasteiger charge is 2.61. The van der Waals surface area contributed by atoms with E-state index in [-0.39, 0.29) is 30.7 Å². The maximum absolute atomic E-state index is 13.6. The molecule has 1 aromatic carbocycles. The summed E-state index contributed by atoms with van der Waals surface area (Å²) in [7, 11) is 1.57. The number of methoxy groups -OCH3 is 1. The molecule has 226 valence electrons. The van der Waals surface area contributed by atoms with Crippen molar-refractivity contribution in [2.45, 2.75) is 76.0 Å². The SMILES string of the molecule is COc1ccc2c(OC3CC4C(=O)N[C@]5(C(=O)O)CC5/C=C\CCCCCCC(=O)N4C3)cc(-c3nnc(C)o3)nc2c1. The predicted octanol–water partition coefficient (Wildman–Crippen LogP) is 3.82. The van der Waals surface area contributed by atoms with Crippen molar-refractivity contribution in [3.63, 3.8) is 0 Å². The van der Waals surface area contributed by atoms with Crippen molar-refractivity contribution < 1.29 is 33.4 Å². The molecule has 12 nitrogen and oxygen atoms in total. The highest BCUT2D eigenvalue weighted by atomic mass is 16.5. The van der Waals surface area contributed by atoms with Crippen LogP contribution < -0.4 is 14.8 Å². The van der Waals surface area contributed by atoms with Crippen molar-refractivity contribution in [1.29, 1.82) is 0 Å². The van der Waals surface area contributed by atoms with E-state index in [0.29, 0.717) is 46.8 Å². The molecule has 4 heterocycles. The smallest absolute Gasteiger partial charge is 0.330 e. The molecule has 0 radical (unpaired) electrons. The Bertz CT molecular complexity index is 1590. The number of allylic oxidation sites excluding steroid dienone is 1. The second-order valence-electron chi connectivity index (χ2n) is 11.5. The average Bonchev–Trinajstić information content (AvgIpc) is 3.28. The summed E-state index contributed by atoms with van der Waals surface area (Å²) in [5, 5.41) is 21.5. The van der Waals surface area contributed by atoms with Crippen LogP contribution in [0.5, 0.6) is 11.5 Å². The van der Waals surface area contributed by atoms with E-state index in [1.54, 1.807) is 37.1 Å². The molecule has 2 amide bonds. The number of amides is 2. The Hall–Kier alpha value is -4.48. The molecule has 12 heteroatoms. The molecular weight excluding hydrogens is 554 g/mol. The number of carbonyl (C=O) groups excluding carboxylic acids is 2. The Labute approximate surface area is 248 Å². The van der Waals surface area contributed by atoms with Gasteiger partial charge in [-0.3, -0.25) is 9.59 Å². The van der Waals surface area contributed by atoms with Gasteiger partial charge in [0.2, 0.25) is 17.7 Å². The zero-order chi connectivity index (χ0) is 30.1. The molecule has 0 spiro atoms. The number of ether oxygens (including phenoxy) is 2. The molecule has 2 aliphatic heterocycles. The summed E-state index contributed by atoms with van der Waals surface area (Å²) in [4.78, 5) is 45.5. The van der Waals surface area contributed by atoms with Gasteiger partial charge in [-0.15, -0.1) is 10.2 Å². The van der Waals surface area contributed by atoms with Crippen molar-refractivity contribution in [3.05, 3.63) is 42.3 Å². The largest absolute Gasteiger partial charge is 0.497 e. The van der Waals surface area contributed by atoms with Crippen molar-refractivity contribution >= 4 is 28.7 Å². The maximum Gasteiger partial charge on any atom is 0.330 e. The molecule has 1 saturated carbocycles. The second-order valence-corrected chi connectivity index (χ2v) is 11.5. The van der Waals surface area contributed by atoms with Gasteiger partial charge in [0.1, 0.15) is 34.9 Å². The Kier molecular flexibility index (Phi) is 7.76. The summed E-state index contributed by atoms with van der Waals surface area (Å²) in [6.07, 6.45) is 8.70. The standard InChI is InChI=1S/C31H35N5O7/c1-18-34-35-29(42-18)24-15-26(22-12-11-20(41-2)13-23(22)32-24)43-21-14-25-28(38)33-31(30(39)40)16-19(31)9-7-5-3-4-6-8-10-27(37)36(25)17-21/h7,9,11-13,15,19,21,25H,3-6,8,10,14,16-17H2,1-2H3,(H,33,38)(H,39,40)/b9-7-/t19?,21?,25?,31-/m1/s1. The van der Waals surface area contributed by atoms with Gasteiger partial charge in [-0.1, -0.05) is 25.0 Å². The van der Waals surface area contributed by atoms with Gasteiger partial charge in [0.15, 0.2) is 0 Å². The minimum absolute atomic E-state index is 0.137. The average molecular weight is 590 g/mol. The van der Waals surface area contributed by atoms with E-state index in [9.17, 15) is 19.5 Å². The van der Waals surface area contributed by atoms with E-state index in [1.807, 2.05) is 18.2 Å². The molecule has 2 aromatic heterocycles. The first-order valence-electron chi connectivity index (χ1n) is 14.7. The number of hydrogen-bond acceptors (Lipinski definition) is 9. The number of nitrogens with zero attached hydrogens (tertiary/aromatic N) is 4. The third-order valence-corrected chi connectivity index (χ3v) is 8.53. The van der Waals surface area contributed by atoms with E-state index in [4.69, 9.17) is 13.9 Å². The Morgan fingerprint density at radius 1 is 1.16 bits per heavy atom. The second kappa shape index (κ2) is 11.7. The molecule has 2 N–H and O–H groups in total. The minimum Gasteiger partial charge on any atom is -0.497 e. The van der Waals surface area contributed by atoms with Crippen LogP contribution in [0.1, 0.15) is 57.3 Å². The van der Waals surface area contributed by atoms with E-state index >= 15 is 0 Å². The van der Waals surface area contributed by atoms with Crippen molar-refractivity contribution in [3.8, 4) is 23.1 Å². The van der Waals surface area contributed by atoms with Crippen LogP contribution >= 0.6 is 0 Å². The van der Waals surface area contributed by atoms with Gasteiger partial charge in [0, 0.05) is 43.2 Å². The van der Waals surface area contributed by atoms with Gasteiger partial charge in [-0.05, 0) is 37.8 Å². The summed E-state index contributed by atoms with van der Waals surface area (Å²) in [6, 6.07) is 6.27. The summed E-state index contributed by atoms with van der Waals surface area (Å²) in [5.41, 5.74) is -0.353. The van der Waals surface area contributed by atoms with Crippen LogP contribution in [0.25, 0.3) is 22.5 Å². The Morgan fingerprint density at radius 3 is 2.77 bits per heavy atom. The number of carboxylic acids is 1. The Balaban J connectivity index is 1.30. The first-order chi connectivity index (χ1) is 20.8. The quantitative estimate of drug-likeness (QED) is 0.419. The van der Waals surface area contributed by atoms with Crippen molar-refractivity contribution in [2.75, 3.05) is 13.7 Å². The number of carbonyl (C=O) groups is 3. The molecule has 0 bridgehead atoms. The van der Waals surface area contributed by atoms with Gasteiger partial charge in [-0.2, -0.15) is 0 Å². The van der Waals surface area contributed by atoms with Crippen LogP contribution in [-0.2, 0) is 14.4 Å². The Morgan fingerprint density at radius 2 is 2.00 bits per heavy atom. The fraction of sp³-hybridized carbons (Fsp3) is 0.484. The summed E-state index contributed by atoms with van der Waals surface area (Å²) in [5.74, 6) is -0.237. The lowest BCUT2D eigenvalue weighted by molar-refractivity contribution is -0.145. The molecule has 43 heavy (non-hydrogen) atoms. The lowest BCUT2D eigenvalue weighted by Crippen LogP contribution is -2.53. The minimum atomic E-state index is -1.35. The number of aliphatic carboxylic acids is 1. The van der Waals surface area contributed by atoms with Crippen LogP contribution in [0.4, 0.5) is 0 Å². The van der Waals surface area contributed by atoms with Crippen molar-refractivity contribution in [1.82, 2.24) is 25.4 Å². The normalized spacial score (nSPS) is 26.9. The number of fused-ring (bicyclic) bond motifs is 3. The van der Waals surface area contributed by atoms with Crippen LogP contribution in [0.15, 0.2) is 40.8 Å². The monoisotopic (exact) mass is 589 g/mol. The predicted molar refractivity (Wildman–Crippen MR) is 154 cm³/mol. The van der Waals surface area contributed by atoms with Crippen LogP contribution in [0.3, 0.4) is 0 Å². The zero-order valence-corrected chi connectivity index (χ0v) is 24.2. The maximum atomic E-state index is 13.6. The first kappa shape index (κ1) is 28.6. The summed E-state index contributed by atoms with van der Waals surface area (Å²) < 4.78 is 17.5. The van der Waals surface area contributed by atoms with Crippen molar-refractivity contribution in [2.24, 2.45) is 5.92 Å². The van der Waals surface area contributed by atoms with Gasteiger partial charge >= 0.3 is 5.97 Å². The number of rotatable bonds is 5. The lowest BCUT2D eigenvalue weighted by atomic mass is 10.1. The molecule has 1 saturated heterocycles. The molecule has 3 aromatic rings. The number of aryl methyl sites for hydroxylation is 1. The number of aromatic nitrogens is 3. The molecule has 1 aliphatic carbocycles. The topological polar surface area (TPSA) is 157 Å². The van der Waals surface area contributed by atoms with Crippen LogP contribution in [0, 0.1) is 12.8 Å². The molecule has 2 fully saturated rings. The number of pyridine rings is 1. The number of nitrogens with one attached hydrogen (secondary N) is 1. The fourth-order valence-corrected chi connectivity index (χ4v) is 6.06. The van der Waals surface area contributed by atoms with Crippen LogP contribution in [-0.4, -0.2) is 74.3 Å². The first-order valence-corrected chi connectivity index (χ1v) is 14.7. The highest BCUT2D eigenvalue weighted by molar-refractivity contribution is 5.95. The van der Waals surface area contributed by atoms with E-state index in [1.165, 1.54) is 0 Å². The number of carboxylic acid groups (broad SMARTS) is 1. The number of benzene rings is 1. The molecule has 3 unspecified atom stereocenters. The third-order valence-electron chi connectivity index (χ3n) is 8.53. The van der Waals surface area contributed by atoms with Gasteiger partial charge < -0.3 is 29.2 Å².